The fourth-order valence-electron chi connectivity index (χ4n) is 1.67. The summed E-state index contributed by atoms with van der Waals surface area (Å²) in [6, 6.07) is 0.743. The third-order valence-corrected chi connectivity index (χ3v) is 5.63. The van der Waals surface area contributed by atoms with Crippen LogP contribution in [0.2, 0.25) is 6.04 Å². The van der Waals surface area contributed by atoms with Gasteiger partial charge in [-0.05, 0) is 20.8 Å². The molecule has 0 heterocycles. The van der Waals surface area contributed by atoms with E-state index in [1.807, 2.05) is 13.8 Å². The molecule has 17 heavy (non-hydrogen) atoms. The Morgan fingerprint density at radius 3 is 2.06 bits per heavy atom. The zero-order valence-electron chi connectivity index (χ0n) is 11.5. The fraction of sp³-hybridized carbons (Fsp3) is 1.00. The van der Waals surface area contributed by atoms with Gasteiger partial charge in [0.05, 0.1) is 0 Å². The maximum absolute atomic E-state index is 8.96. The largest absolute Gasteiger partial charge is 0.502 e. The first-order valence-electron chi connectivity index (χ1n) is 6.33. The lowest BCUT2D eigenvalue weighted by Gasteiger charge is -2.36. The predicted octanol–water partition coefficient (Wildman–Crippen LogP) is 1.48. The molecule has 0 aromatic carbocycles. The highest BCUT2D eigenvalue weighted by atomic mass is 28.4. The van der Waals surface area contributed by atoms with Crippen molar-refractivity contribution in [3.05, 3.63) is 0 Å². The molecular formula is C11H27NO4Si. The molecule has 104 valence electrons. The first kappa shape index (κ1) is 17.0. The minimum absolute atomic E-state index is 0.0120. The molecule has 0 rings (SSSR count). The van der Waals surface area contributed by atoms with Crippen LogP contribution in [0.1, 0.15) is 40.5 Å². The maximum atomic E-state index is 8.96. The number of aliphatic hydroxyl groups excluding tert-OH is 1. The Balaban J connectivity index is 4.74. The third kappa shape index (κ3) is 6.49. The third-order valence-electron chi connectivity index (χ3n) is 2.28. The molecule has 1 unspecified atom stereocenters. The van der Waals surface area contributed by atoms with Crippen LogP contribution in [0.25, 0.3) is 0 Å². The van der Waals surface area contributed by atoms with Crippen LogP contribution < -0.4 is 5.73 Å². The molecular weight excluding hydrogens is 238 g/mol. The van der Waals surface area contributed by atoms with Crippen LogP contribution in [0.15, 0.2) is 0 Å². The van der Waals surface area contributed by atoms with Crippen LogP contribution in [0.3, 0.4) is 0 Å². The number of hydrogen-bond acceptors (Lipinski definition) is 5. The summed E-state index contributed by atoms with van der Waals surface area (Å²) in [6.45, 7) is 8.71. The summed E-state index contributed by atoms with van der Waals surface area (Å²) in [5.41, 5.74) is 5.09. The second kappa shape index (κ2) is 8.18. The summed E-state index contributed by atoms with van der Waals surface area (Å²) >= 11 is 0. The van der Waals surface area contributed by atoms with Crippen molar-refractivity contribution in [2.45, 2.75) is 52.3 Å². The van der Waals surface area contributed by atoms with E-state index in [-0.39, 0.29) is 6.61 Å². The minimum Gasteiger partial charge on any atom is -0.396 e. The predicted molar refractivity (Wildman–Crippen MR) is 69.5 cm³/mol. The first-order valence-corrected chi connectivity index (χ1v) is 8.26. The van der Waals surface area contributed by atoms with E-state index < -0.39 is 14.5 Å². The number of rotatable bonds is 10. The van der Waals surface area contributed by atoms with Crippen molar-refractivity contribution in [1.29, 1.82) is 0 Å². The molecule has 0 amide bonds. The number of aliphatic hydroxyl groups is 1. The van der Waals surface area contributed by atoms with E-state index in [1.54, 1.807) is 6.92 Å². The van der Waals surface area contributed by atoms with E-state index >= 15 is 0 Å². The molecule has 0 aromatic heterocycles. The Labute approximate surface area is 106 Å². The van der Waals surface area contributed by atoms with Gasteiger partial charge in [-0.1, -0.05) is 13.3 Å². The molecule has 0 fully saturated rings. The van der Waals surface area contributed by atoms with Crippen molar-refractivity contribution < 1.29 is 18.4 Å². The number of hydrogen-bond donors (Lipinski definition) is 2. The van der Waals surface area contributed by atoms with Gasteiger partial charge < -0.3 is 24.1 Å². The molecule has 0 radical (unpaired) electrons. The SMILES string of the molecule is CCC[Si](OCC)(OCC)OC(C)(N)CCO. The van der Waals surface area contributed by atoms with Gasteiger partial charge in [0.15, 0.2) is 0 Å². The summed E-state index contributed by atoms with van der Waals surface area (Å²) in [4.78, 5) is 0. The molecule has 0 aliphatic heterocycles. The van der Waals surface area contributed by atoms with Gasteiger partial charge in [0, 0.05) is 32.3 Å². The lowest BCUT2D eigenvalue weighted by molar-refractivity contribution is -0.0282. The Morgan fingerprint density at radius 2 is 1.71 bits per heavy atom. The minimum atomic E-state index is -2.70. The van der Waals surface area contributed by atoms with Gasteiger partial charge in [-0.3, -0.25) is 0 Å². The Kier molecular flexibility index (Phi) is 8.19. The van der Waals surface area contributed by atoms with E-state index in [1.165, 1.54) is 0 Å². The summed E-state index contributed by atoms with van der Waals surface area (Å²) in [6.07, 6.45) is 1.28. The molecule has 0 spiro atoms. The molecule has 5 nitrogen and oxygen atoms in total. The standard InChI is InChI=1S/C11H27NO4Si/c1-5-10-17(14-6-2,15-7-3)16-11(4,12)8-9-13/h13H,5-10,12H2,1-4H3. The van der Waals surface area contributed by atoms with Crippen molar-refractivity contribution in [2.75, 3.05) is 19.8 Å². The van der Waals surface area contributed by atoms with E-state index in [0.29, 0.717) is 19.6 Å². The zero-order valence-corrected chi connectivity index (χ0v) is 12.5. The number of nitrogens with two attached hydrogens (primary N) is 1. The van der Waals surface area contributed by atoms with Crippen molar-refractivity contribution in [3.8, 4) is 0 Å². The Bertz CT molecular complexity index is 185. The second-order valence-corrected chi connectivity index (χ2v) is 6.83. The van der Waals surface area contributed by atoms with E-state index in [2.05, 4.69) is 6.92 Å². The topological polar surface area (TPSA) is 73.9 Å². The second-order valence-electron chi connectivity index (χ2n) is 4.19. The molecule has 0 bridgehead atoms. The monoisotopic (exact) mass is 265 g/mol. The smallest absolute Gasteiger partial charge is 0.396 e. The van der Waals surface area contributed by atoms with Gasteiger partial charge in [0.1, 0.15) is 5.72 Å². The van der Waals surface area contributed by atoms with E-state index in [9.17, 15) is 0 Å². The van der Waals surface area contributed by atoms with Crippen molar-refractivity contribution in [3.63, 3.8) is 0 Å². The highest BCUT2D eigenvalue weighted by Gasteiger charge is 2.44. The van der Waals surface area contributed by atoms with Gasteiger partial charge >= 0.3 is 8.80 Å². The van der Waals surface area contributed by atoms with Crippen LogP contribution in [0.4, 0.5) is 0 Å². The van der Waals surface area contributed by atoms with Gasteiger partial charge in [-0.25, -0.2) is 0 Å². The summed E-state index contributed by atoms with van der Waals surface area (Å²) < 4.78 is 17.4. The lowest BCUT2D eigenvalue weighted by atomic mass is 10.2. The molecule has 0 aliphatic carbocycles. The van der Waals surface area contributed by atoms with Crippen LogP contribution in [0, 0.1) is 0 Å². The average molecular weight is 265 g/mol. The van der Waals surface area contributed by atoms with Gasteiger partial charge in [0.2, 0.25) is 0 Å². The van der Waals surface area contributed by atoms with E-state index in [4.69, 9.17) is 24.1 Å². The van der Waals surface area contributed by atoms with E-state index in [0.717, 1.165) is 12.5 Å². The Hall–Kier alpha value is 0.0169. The lowest BCUT2D eigenvalue weighted by Crippen LogP contribution is -2.56. The van der Waals surface area contributed by atoms with Gasteiger partial charge in [-0.15, -0.1) is 0 Å². The molecule has 0 saturated carbocycles. The average Bonchev–Trinajstić information content (AvgIpc) is 2.17. The molecule has 0 aromatic rings. The highest BCUT2D eigenvalue weighted by Crippen LogP contribution is 2.24. The van der Waals surface area contributed by atoms with Crippen molar-refractivity contribution >= 4 is 8.80 Å². The Morgan fingerprint density at radius 1 is 1.18 bits per heavy atom. The van der Waals surface area contributed by atoms with Crippen molar-refractivity contribution in [1.82, 2.24) is 0 Å². The van der Waals surface area contributed by atoms with Crippen LogP contribution >= 0.6 is 0 Å². The van der Waals surface area contributed by atoms with Gasteiger partial charge in [0.25, 0.3) is 0 Å². The molecule has 6 heteroatoms. The summed E-state index contributed by atoms with van der Waals surface area (Å²) in [5.74, 6) is 0. The van der Waals surface area contributed by atoms with Crippen molar-refractivity contribution in [2.24, 2.45) is 5.73 Å². The van der Waals surface area contributed by atoms with Crippen LogP contribution in [-0.4, -0.2) is 39.5 Å². The first-order chi connectivity index (χ1) is 7.95. The van der Waals surface area contributed by atoms with Crippen LogP contribution in [0.5, 0.6) is 0 Å². The summed E-state index contributed by atoms with van der Waals surface area (Å²) in [7, 11) is -2.70. The summed E-state index contributed by atoms with van der Waals surface area (Å²) in [5, 5.41) is 8.96. The maximum Gasteiger partial charge on any atom is 0.502 e. The van der Waals surface area contributed by atoms with Crippen LogP contribution in [-0.2, 0) is 13.3 Å². The molecule has 0 saturated heterocycles. The zero-order chi connectivity index (χ0) is 13.4. The normalized spacial score (nSPS) is 15.9. The fourth-order valence-corrected chi connectivity index (χ4v) is 4.57. The molecule has 3 N–H and O–H groups in total. The quantitative estimate of drug-likeness (QED) is 0.462. The molecule has 0 aliphatic rings. The molecule has 1 atom stereocenters. The van der Waals surface area contributed by atoms with Gasteiger partial charge in [-0.2, -0.15) is 0 Å². The highest BCUT2D eigenvalue weighted by molar-refractivity contribution is 6.60.